The van der Waals surface area contributed by atoms with E-state index in [1.165, 1.54) is 10.9 Å². The number of ether oxygens (including phenoxy) is 2. The largest absolute Gasteiger partial charge is 0.494 e. The highest BCUT2D eigenvalue weighted by molar-refractivity contribution is 5.81. The Morgan fingerprint density at radius 1 is 1.29 bits per heavy atom. The van der Waals surface area contributed by atoms with Gasteiger partial charge in [0, 0.05) is 30.8 Å². The number of fused-ring (bicyclic) bond motifs is 1. The minimum Gasteiger partial charge on any atom is -0.494 e. The van der Waals surface area contributed by atoms with Gasteiger partial charge in [-0.25, -0.2) is 0 Å². The third-order valence-electron chi connectivity index (χ3n) is 2.91. The van der Waals surface area contributed by atoms with Gasteiger partial charge in [-0.3, -0.25) is 0 Å². The van der Waals surface area contributed by atoms with E-state index >= 15 is 0 Å². The zero-order valence-corrected chi connectivity index (χ0v) is 10.6. The number of hydrogen-bond acceptors (Lipinski definition) is 2. The van der Waals surface area contributed by atoms with Crippen molar-refractivity contribution >= 4 is 10.9 Å². The highest BCUT2D eigenvalue weighted by atomic mass is 16.5. The lowest BCUT2D eigenvalue weighted by Crippen LogP contribution is -2.13. The van der Waals surface area contributed by atoms with E-state index in [-0.39, 0.29) is 6.10 Å². The standard InChI is InChI=1S/C14H19NO2/c1-4-17-13-5-6-14-12(9-13)7-8-15(14)10-11(2)16-3/h5-9,11H,4,10H2,1-3H3. The second-order valence-corrected chi connectivity index (χ2v) is 4.17. The quantitative estimate of drug-likeness (QED) is 0.792. The summed E-state index contributed by atoms with van der Waals surface area (Å²) in [4.78, 5) is 0. The van der Waals surface area contributed by atoms with Crippen LogP contribution in [-0.4, -0.2) is 24.4 Å². The predicted octanol–water partition coefficient (Wildman–Crippen LogP) is 3.07. The molecule has 0 aliphatic rings. The van der Waals surface area contributed by atoms with E-state index in [9.17, 15) is 0 Å². The van der Waals surface area contributed by atoms with Crippen LogP contribution in [0.1, 0.15) is 13.8 Å². The molecular weight excluding hydrogens is 214 g/mol. The van der Waals surface area contributed by atoms with Gasteiger partial charge in [-0.1, -0.05) is 0 Å². The average molecular weight is 233 g/mol. The minimum absolute atomic E-state index is 0.220. The van der Waals surface area contributed by atoms with Crippen molar-refractivity contribution in [2.45, 2.75) is 26.5 Å². The Bertz CT molecular complexity index is 490. The van der Waals surface area contributed by atoms with Gasteiger partial charge in [-0.15, -0.1) is 0 Å². The first-order chi connectivity index (χ1) is 8.24. The van der Waals surface area contributed by atoms with Crippen LogP contribution in [0, 0.1) is 0 Å². The molecule has 0 spiro atoms. The van der Waals surface area contributed by atoms with Gasteiger partial charge in [-0.2, -0.15) is 0 Å². The molecule has 1 heterocycles. The van der Waals surface area contributed by atoms with E-state index in [2.05, 4.69) is 35.9 Å². The first-order valence-electron chi connectivity index (χ1n) is 5.99. The zero-order valence-electron chi connectivity index (χ0n) is 10.6. The fraction of sp³-hybridized carbons (Fsp3) is 0.429. The number of rotatable bonds is 5. The van der Waals surface area contributed by atoms with E-state index in [0.717, 1.165) is 12.3 Å². The van der Waals surface area contributed by atoms with E-state index in [4.69, 9.17) is 9.47 Å². The minimum atomic E-state index is 0.220. The van der Waals surface area contributed by atoms with Gasteiger partial charge in [-0.05, 0) is 38.1 Å². The van der Waals surface area contributed by atoms with Crippen LogP contribution in [-0.2, 0) is 11.3 Å². The van der Waals surface area contributed by atoms with Gasteiger partial charge >= 0.3 is 0 Å². The Kier molecular flexibility index (Phi) is 3.69. The van der Waals surface area contributed by atoms with Gasteiger partial charge in [0.1, 0.15) is 5.75 Å². The third kappa shape index (κ3) is 2.61. The maximum Gasteiger partial charge on any atom is 0.120 e. The Labute approximate surface area is 102 Å². The molecular formula is C14H19NO2. The topological polar surface area (TPSA) is 23.4 Å². The molecule has 0 saturated carbocycles. The molecule has 17 heavy (non-hydrogen) atoms. The van der Waals surface area contributed by atoms with Crippen LogP contribution in [0.3, 0.4) is 0 Å². The summed E-state index contributed by atoms with van der Waals surface area (Å²) in [5, 5.41) is 1.21. The van der Waals surface area contributed by atoms with Crippen molar-refractivity contribution in [2.75, 3.05) is 13.7 Å². The Balaban J connectivity index is 2.28. The summed E-state index contributed by atoms with van der Waals surface area (Å²) in [6.45, 7) is 5.64. The van der Waals surface area contributed by atoms with Gasteiger partial charge in [0.05, 0.1) is 12.7 Å². The number of aromatic nitrogens is 1. The van der Waals surface area contributed by atoms with E-state index in [0.29, 0.717) is 6.61 Å². The van der Waals surface area contributed by atoms with Crippen molar-refractivity contribution in [3.05, 3.63) is 30.5 Å². The van der Waals surface area contributed by atoms with Crippen LogP contribution in [0.25, 0.3) is 10.9 Å². The first kappa shape index (κ1) is 12.0. The second-order valence-electron chi connectivity index (χ2n) is 4.17. The normalized spacial score (nSPS) is 12.9. The first-order valence-corrected chi connectivity index (χ1v) is 5.99. The monoisotopic (exact) mass is 233 g/mol. The molecule has 0 aliphatic heterocycles. The molecule has 1 unspecified atom stereocenters. The Morgan fingerprint density at radius 2 is 2.12 bits per heavy atom. The van der Waals surface area contributed by atoms with Crippen LogP contribution >= 0.6 is 0 Å². The van der Waals surface area contributed by atoms with E-state index in [1.807, 2.05) is 13.0 Å². The number of methoxy groups -OCH3 is 1. The van der Waals surface area contributed by atoms with Crippen LogP contribution in [0.4, 0.5) is 0 Å². The van der Waals surface area contributed by atoms with Crippen LogP contribution in [0.15, 0.2) is 30.5 Å². The van der Waals surface area contributed by atoms with Crippen molar-refractivity contribution in [1.82, 2.24) is 4.57 Å². The highest BCUT2D eigenvalue weighted by Gasteiger charge is 2.05. The SMILES string of the molecule is CCOc1ccc2c(ccn2CC(C)OC)c1. The molecule has 92 valence electrons. The van der Waals surface area contributed by atoms with Gasteiger partial charge in [0.2, 0.25) is 0 Å². The lowest BCUT2D eigenvalue weighted by atomic mass is 10.2. The zero-order chi connectivity index (χ0) is 12.3. The Morgan fingerprint density at radius 3 is 2.82 bits per heavy atom. The summed E-state index contributed by atoms with van der Waals surface area (Å²) in [5.41, 5.74) is 1.22. The number of nitrogens with zero attached hydrogens (tertiary/aromatic N) is 1. The Hall–Kier alpha value is -1.48. The molecule has 0 N–H and O–H groups in total. The fourth-order valence-electron chi connectivity index (χ4n) is 1.95. The van der Waals surface area contributed by atoms with Crippen LogP contribution in [0.2, 0.25) is 0 Å². The molecule has 0 amide bonds. The van der Waals surface area contributed by atoms with Crippen molar-refractivity contribution in [1.29, 1.82) is 0 Å². The second kappa shape index (κ2) is 5.23. The van der Waals surface area contributed by atoms with E-state index in [1.54, 1.807) is 7.11 Å². The molecule has 1 aromatic heterocycles. The fourth-order valence-corrected chi connectivity index (χ4v) is 1.95. The molecule has 0 aliphatic carbocycles. The smallest absolute Gasteiger partial charge is 0.120 e. The van der Waals surface area contributed by atoms with Crippen molar-refractivity contribution in [3.63, 3.8) is 0 Å². The van der Waals surface area contributed by atoms with Crippen molar-refractivity contribution in [3.8, 4) is 5.75 Å². The summed E-state index contributed by atoms with van der Waals surface area (Å²) >= 11 is 0. The van der Waals surface area contributed by atoms with Crippen LogP contribution in [0.5, 0.6) is 5.75 Å². The molecule has 2 aromatic rings. The summed E-state index contributed by atoms with van der Waals surface area (Å²) in [6.07, 6.45) is 2.31. The van der Waals surface area contributed by atoms with Crippen LogP contribution < -0.4 is 4.74 Å². The maximum absolute atomic E-state index is 5.49. The summed E-state index contributed by atoms with van der Waals surface area (Å²) in [6, 6.07) is 8.30. The molecule has 3 nitrogen and oxygen atoms in total. The summed E-state index contributed by atoms with van der Waals surface area (Å²) in [5.74, 6) is 0.928. The van der Waals surface area contributed by atoms with E-state index < -0.39 is 0 Å². The molecule has 0 bridgehead atoms. The molecule has 3 heteroatoms. The predicted molar refractivity (Wildman–Crippen MR) is 69.6 cm³/mol. The van der Waals surface area contributed by atoms with Crippen molar-refractivity contribution in [2.24, 2.45) is 0 Å². The molecule has 0 saturated heterocycles. The summed E-state index contributed by atoms with van der Waals surface area (Å²) < 4.78 is 13.0. The number of benzene rings is 1. The number of hydrogen-bond donors (Lipinski definition) is 0. The van der Waals surface area contributed by atoms with Gasteiger partial charge in [0.15, 0.2) is 0 Å². The molecule has 0 radical (unpaired) electrons. The lowest BCUT2D eigenvalue weighted by Gasteiger charge is -2.12. The lowest BCUT2D eigenvalue weighted by molar-refractivity contribution is 0.104. The van der Waals surface area contributed by atoms with Crippen molar-refractivity contribution < 1.29 is 9.47 Å². The summed E-state index contributed by atoms with van der Waals surface area (Å²) in [7, 11) is 1.74. The third-order valence-corrected chi connectivity index (χ3v) is 2.91. The van der Waals surface area contributed by atoms with Gasteiger partial charge < -0.3 is 14.0 Å². The molecule has 2 rings (SSSR count). The molecule has 0 fully saturated rings. The molecule has 1 atom stereocenters. The van der Waals surface area contributed by atoms with Gasteiger partial charge in [0.25, 0.3) is 0 Å². The average Bonchev–Trinajstić information content (AvgIpc) is 2.72. The maximum atomic E-state index is 5.49. The highest BCUT2D eigenvalue weighted by Crippen LogP contribution is 2.22. The molecule has 1 aromatic carbocycles.